The summed E-state index contributed by atoms with van der Waals surface area (Å²) in [6.45, 7) is 10.6. The zero-order valence-electron chi connectivity index (χ0n) is 26.5. The Labute approximate surface area is 256 Å². The predicted octanol–water partition coefficient (Wildman–Crippen LogP) is 7.59. The third-order valence-corrected chi connectivity index (χ3v) is 7.96. The van der Waals surface area contributed by atoms with Crippen molar-refractivity contribution in [1.82, 2.24) is 0 Å². The van der Waals surface area contributed by atoms with E-state index in [4.69, 9.17) is 18.9 Å². The van der Waals surface area contributed by atoms with Gasteiger partial charge in [0.1, 0.15) is 28.6 Å². The quantitative estimate of drug-likeness (QED) is 0.107. The molecule has 0 saturated carbocycles. The van der Waals surface area contributed by atoms with Gasteiger partial charge in [0.2, 0.25) is 0 Å². The fourth-order valence-corrected chi connectivity index (χ4v) is 5.61. The normalized spacial score (nSPS) is 15.9. The van der Waals surface area contributed by atoms with Gasteiger partial charge in [0.05, 0.1) is 37.4 Å². The van der Waals surface area contributed by atoms with Gasteiger partial charge in [-0.2, -0.15) is 0 Å². The predicted molar refractivity (Wildman–Crippen MR) is 166 cm³/mol. The van der Waals surface area contributed by atoms with E-state index in [1.54, 1.807) is 25.1 Å². The molecule has 0 aromatic heterocycles. The zero-order valence-corrected chi connectivity index (χ0v) is 26.5. The summed E-state index contributed by atoms with van der Waals surface area (Å²) in [6.07, 6.45) is 7.12. The van der Waals surface area contributed by atoms with Crippen LogP contribution in [0.5, 0.6) is 23.0 Å². The van der Waals surface area contributed by atoms with Crippen LogP contribution in [0.4, 0.5) is 0 Å². The molecule has 3 rings (SSSR count). The molecule has 1 aliphatic heterocycles. The molecule has 1 aliphatic rings. The van der Waals surface area contributed by atoms with Crippen LogP contribution in [-0.4, -0.2) is 48.1 Å². The van der Waals surface area contributed by atoms with E-state index < -0.39 is 5.60 Å². The number of fused-ring (bicyclic) bond motifs is 1. The third kappa shape index (κ3) is 8.74. The van der Waals surface area contributed by atoms with Crippen LogP contribution in [0.3, 0.4) is 0 Å². The summed E-state index contributed by atoms with van der Waals surface area (Å²) >= 11 is 0. The van der Waals surface area contributed by atoms with Gasteiger partial charge < -0.3 is 24.1 Å². The minimum atomic E-state index is -0.607. The van der Waals surface area contributed by atoms with Crippen LogP contribution in [0.2, 0.25) is 0 Å². The second kappa shape index (κ2) is 16.3. The van der Waals surface area contributed by atoms with E-state index >= 15 is 0 Å². The Bertz CT molecular complexity index is 1270. The highest BCUT2D eigenvalue weighted by molar-refractivity contribution is 6.01. The first kappa shape index (κ1) is 33.9. The average Bonchev–Trinajstić information content (AvgIpc) is 2.97. The third-order valence-electron chi connectivity index (χ3n) is 7.96. The Morgan fingerprint density at radius 2 is 1.56 bits per heavy atom. The first-order chi connectivity index (χ1) is 20.7. The van der Waals surface area contributed by atoms with E-state index in [2.05, 4.69) is 13.8 Å². The molecule has 1 atom stereocenters. The number of hydrogen-bond acceptors (Lipinski definition) is 8. The fraction of sp³-hybridized carbons (Fsp3) is 0.571. The van der Waals surface area contributed by atoms with Crippen LogP contribution in [0.25, 0.3) is 0 Å². The van der Waals surface area contributed by atoms with E-state index in [1.807, 2.05) is 13.0 Å². The molecule has 0 bridgehead atoms. The van der Waals surface area contributed by atoms with Crippen molar-refractivity contribution < 1.29 is 38.4 Å². The number of ether oxygens (including phenoxy) is 4. The number of ketones is 2. The topological polar surface area (TPSA) is 108 Å². The maximum atomic E-state index is 13.4. The van der Waals surface area contributed by atoms with Crippen LogP contribution in [0.1, 0.15) is 124 Å². The van der Waals surface area contributed by atoms with E-state index in [0.717, 1.165) is 31.2 Å². The van der Waals surface area contributed by atoms with Crippen molar-refractivity contribution in [2.24, 2.45) is 0 Å². The van der Waals surface area contributed by atoms with Gasteiger partial charge >= 0.3 is 5.97 Å². The van der Waals surface area contributed by atoms with Crippen molar-refractivity contribution in [2.45, 2.75) is 111 Å². The Hall–Kier alpha value is -3.55. The number of benzene rings is 2. The van der Waals surface area contributed by atoms with Gasteiger partial charge in [-0.05, 0) is 83.1 Å². The van der Waals surface area contributed by atoms with Gasteiger partial charge in [0, 0.05) is 17.5 Å². The van der Waals surface area contributed by atoms with Crippen molar-refractivity contribution in [3.8, 4) is 23.0 Å². The van der Waals surface area contributed by atoms with Crippen LogP contribution in [-0.2, 0) is 22.4 Å². The molecule has 0 radical (unpaired) electrons. The SMILES string of the molecule is CCCc1c(OCCCCC2(CC)CC(=O)c3ccc(OCCCC(=O)OCC)c(CCC)c3O2)ccc(C(C)=O)c1O. The number of hydrogen-bond donors (Lipinski definition) is 1. The van der Waals surface area contributed by atoms with Gasteiger partial charge in [-0.15, -0.1) is 0 Å². The molecule has 1 N–H and O–H groups in total. The molecular formula is C35H48O8. The Morgan fingerprint density at radius 3 is 2.21 bits per heavy atom. The Morgan fingerprint density at radius 1 is 0.907 bits per heavy atom. The molecule has 0 fully saturated rings. The second-order valence-corrected chi connectivity index (χ2v) is 11.2. The smallest absolute Gasteiger partial charge is 0.305 e. The van der Waals surface area contributed by atoms with E-state index in [0.29, 0.717) is 98.7 Å². The highest BCUT2D eigenvalue weighted by atomic mass is 16.5. The number of Topliss-reactive ketones (excluding diaryl/α,β-unsaturated/α-hetero) is 2. The van der Waals surface area contributed by atoms with Crippen molar-refractivity contribution in [3.05, 3.63) is 46.5 Å². The van der Waals surface area contributed by atoms with Gasteiger partial charge in [-0.1, -0.05) is 33.6 Å². The lowest BCUT2D eigenvalue weighted by molar-refractivity contribution is -0.143. The molecule has 0 saturated heterocycles. The molecule has 43 heavy (non-hydrogen) atoms. The molecular weight excluding hydrogens is 548 g/mol. The molecule has 2 aromatic rings. The van der Waals surface area contributed by atoms with Crippen LogP contribution in [0, 0.1) is 0 Å². The van der Waals surface area contributed by atoms with Gasteiger partial charge in [0.25, 0.3) is 0 Å². The lowest BCUT2D eigenvalue weighted by Gasteiger charge is -2.39. The first-order valence-corrected chi connectivity index (χ1v) is 15.8. The number of phenols is 1. The van der Waals surface area contributed by atoms with Gasteiger partial charge in [-0.25, -0.2) is 0 Å². The number of rotatable bonds is 18. The number of esters is 1. The minimum Gasteiger partial charge on any atom is -0.507 e. The number of unbranched alkanes of at least 4 members (excludes halogenated alkanes) is 1. The van der Waals surface area contributed by atoms with Crippen molar-refractivity contribution in [2.75, 3.05) is 19.8 Å². The van der Waals surface area contributed by atoms with Crippen molar-refractivity contribution in [3.63, 3.8) is 0 Å². The molecule has 1 heterocycles. The van der Waals surface area contributed by atoms with Crippen molar-refractivity contribution >= 4 is 17.5 Å². The summed E-state index contributed by atoms with van der Waals surface area (Å²) in [5.41, 5.74) is 1.88. The molecule has 1 unspecified atom stereocenters. The summed E-state index contributed by atoms with van der Waals surface area (Å²) in [5, 5.41) is 10.6. The lowest BCUT2D eigenvalue weighted by atomic mass is 9.83. The van der Waals surface area contributed by atoms with Gasteiger partial charge in [0.15, 0.2) is 11.6 Å². The maximum absolute atomic E-state index is 13.4. The number of carbonyl (C=O) groups excluding carboxylic acids is 3. The Balaban J connectivity index is 1.66. The monoisotopic (exact) mass is 596 g/mol. The molecule has 0 spiro atoms. The largest absolute Gasteiger partial charge is 0.507 e. The highest BCUT2D eigenvalue weighted by Gasteiger charge is 2.40. The summed E-state index contributed by atoms with van der Waals surface area (Å²) in [4.78, 5) is 36.9. The molecule has 236 valence electrons. The highest BCUT2D eigenvalue weighted by Crippen LogP contribution is 2.44. The first-order valence-electron chi connectivity index (χ1n) is 15.8. The summed E-state index contributed by atoms with van der Waals surface area (Å²) in [7, 11) is 0. The summed E-state index contributed by atoms with van der Waals surface area (Å²) in [5.74, 6) is 1.61. The van der Waals surface area contributed by atoms with Crippen molar-refractivity contribution in [1.29, 1.82) is 0 Å². The number of carbonyl (C=O) groups is 3. The number of phenolic OH excluding ortho intramolecular Hbond substituents is 1. The molecule has 0 amide bonds. The average molecular weight is 597 g/mol. The van der Waals surface area contributed by atoms with E-state index in [9.17, 15) is 19.5 Å². The standard InChI is InChI=1S/C35H48O8/c1-6-13-27-30(18-16-25(24(5)36)33(27)39)41-21-11-10-20-35(8-3)23-29(37)26-17-19-31(28(14-7-2)34(26)43-35)42-22-12-15-32(38)40-9-4/h16-19,39H,6-15,20-23H2,1-5H3. The fourth-order valence-electron chi connectivity index (χ4n) is 5.61. The lowest BCUT2D eigenvalue weighted by Crippen LogP contribution is -2.42. The molecule has 8 heteroatoms. The maximum Gasteiger partial charge on any atom is 0.305 e. The molecule has 2 aromatic carbocycles. The summed E-state index contributed by atoms with van der Waals surface area (Å²) in [6, 6.07) is 7.02. The Kier molecular flexibility index (Phi) is 12.9. The molecule has 8 nitrogen and oxygen atoms in total. The minimum absolute atomic E-state index is 0.00907. The van der Waals surface area contributed by atoms with Crippen LogP contribution < -0.4 is 14.2 Å². The zero-order chi connectivity index (χ0) is 31.4. The van der Waals surface area contributed by atoms with Crippen LogP contribution in [0.15, 0.2) is 24.3 Å². The molecule has 0 aliphatic carbocycles. The second-order valence-electron chi connectivity index (χ2n) is 11.2. The van der Waals surface area contributed by atoms with Gasteiger partial charge in [-0.3, -0.25) is 14.4 Å². The van der Waals surface area contributed by atoms with E-state index in [-0.39, 0.29) is 23.3 Å². The van der Waals surface area contributed by atoms with E-state index in [1.165, 1.54) is 6.92 Å². The number of aromatic hydroxyl groups is 1. The van der Waals surface area contributed by atoms with Crippen LogP contribution >= 0.6 is 0 Å². The summed E-state index contributed by atoms with van der Waals surface area (Å²) < 4.78 is 23.9.